The number of carbonyl (C=O) groups excluding carboxylic acids is 1. The van der Waals surface area contributed by atoms with Crippen molar-refractivity contribution in [3.05, 3.63) is 11.7 Å². The zero-order valence-corrected chi connectivity index (χ0v) is 9.19. The number of esters is 1. The van der Waals surface area contributed by atoms with Gasteiger partial charge in [-0.3, -0.25) is 0 Å². The molecule has 1 heterocycles. The second kappa shape index (κ2) is 5.45. The number of aryl methyl sites for hydroxylation is 1. The third kappa shape index (κ3) is 3.67. The molecule has 0 bridgehead atoms. The molecule has 1 aromatic heterocycles. The van der Waals surface area contributed by atoms with E-state index in [-0.39, 0.29) is 5.89 Å². The molecule has 0 N–H and O–H groups in total. The molecule has 84 valence electrons. The summed E-state index contributed by atoms with van der Waals surface area (Å²) in [6.07, 6.45) is 1.62. The summed E-state index contributed by atoms with van der Waals surface area (Å²) < 4.78 is 9.17. The van der Waals surface area contributed by atoms with Crippen LogP contribution in [-0.2, 0) is 11.2 Å². The van der Waals surface area contributed by atoms with Crippen LogP contribution in [0.2, 0.25) is 0 Å². The molecular weight excluding hydrogens is 198 g/mol. The third-order valence-electron chi connectivity index (χ3n) is 1.83. The third-order valence-corrected chi connectivity index (χ3v) is 1.83. The lowest BCUT2D eigenvalue weighted by molar-refractivity contribution is 0.0545. The number of ether oxygens (including phenoxy) is 1. The Hall–Kier alpha value is -1.43. The molecule has 0 radical (unpaired) electrons. The summed E-state index contributed by atoms with van der Waals surface area (Å²) in [7, 11) is 5.27. The van der Waals surface area contributed by atoms with E-state index in [9.17, 15) is 4.79 Å². The predicted molar refractivity (Wildman–Crippen MR) is 52.5 cm³/mol. The molecule has 0 saturated heterocycles. The Morgan fingerprint density at radius 3 is 2.87 bits per heavy atom. The van der Waals surface area contributed by atoms with Gasteiger partial charge < -0.3 is 14.2 Å². The Labute approximate surface area is 88.2 Å². The van der Waals surface area contributed by atoms with Gasteiger partial charge in [0.05, 0.1) is 7.11 Å². The summed E-state index contributed by atoms with van der Waals surface area (Å²) in [5.41, 5.74) is 0. The van der Waals surface area contributed by atoms with Gasteiger partial charge in [0.25, 0.3) is 0 Å². The maximum absolute atomic E-state index is 11.0. The highest BCUT2D eigenvalue weighted by Gasteiger charge is 2.14. The van der Waals surface area contributed by atoms with Gasteiger partial charge in [0, 0.05) is 6.42 Å². The van der Waals surface area contributed by atoms with Crippen LogP contribution in [0.1, 0.15) is 22.9 Å². The molecule has 0 aliphatic carbocycles. The van der Waals surface area contributed by atoms with Crippen LogP contribution >= 0.6 is 0 Å². The number of hydrogen-bond acceptors (Lipinski definition) is 6. The second-order valence-corrected chi connectivity index (χ2v) is 3.41. The lowest BCUT2D eigenvalue weighted by atomic mass is 10.3. The van der Waals surface area contributed by atoms with Crippen LogP contribution in [0.15, 0.2) is 4.52 Å². The van der Waals surface area contributed by atoms with Crippen molar-refractivity contribution in [1.82, 2.24) is 15.0 Å². The molecule has 1 rings (SSSR count). The topological polar surface area (TPSA) is 68.5 Å². The van der Waals surface area contributed by atoms with Crippen molar-refractivity contribution in [3.8, 4) is 0 Å². The molecule has 6 nitrogen and oxygen atoms in total. The number of aromatic nitrogens is 2. The van der Waals surface area contributed by atoms with Crippen molar-refractivity contribution in [2.24, 2.45) is 0 Å². The van der Waals surface area contributed by atoms with E-state index in [1.165, 1.54) is 7.11 Å². The first-order valence-electron chi connectivity index (χ1n) is 4.69. The number of rotatable bonds is 5. The Kier molecular flexibility index (Phi) is 4.23. The number of hydrogen-bond donors (Lipinski definition) is 0. The van der Waals surface area contributed by atoms with Crippen LogP contribution < -0.4 is 0 Å². The first-order valence-corrected chi connectivity index (χ1v) is 4.69. The minimum atomic E-state index is -0.596. The molecule has 0 atom stereocenters. The standard InChI is InChI=1S/C9H15N3O3/c1-12(2)6-4-5-7-10-8(15-11-7)9(13)14-3/h4-6H2,1-3H3. The Morgan fingerprint density at radius 2 is 2.27 bits per heavy atom. The fourth-order valence-electron chi connectivity index (χ4n) is 1.08. The summed E-state index contributed by atoms with van der Waals surface area (Å²) >= 11 is 0. The highest BCUT2D eigenvalue weighted by molar-refractivity contribution is 5.83. The van der Waals surface area contributed by atoms with E-state index in [0.29, 0.717) is 12.2 Å². The summed E-state index contributed by atoms with van der Waals surface area (Å²) in [5, 5.41) is 3.68. The fraction of sp³-hybridized carbons (Fsp3) is 0.667. The molecule has 0 amide bonds. The smallest absolute Gasteiger partial charge is 0.397 e. The average Bonchev–Trinajstić information content (AvgIpc) is 2.65. The molecule has 0 fully saturated rings. The lowest BCUT2D eigenvalue weighted by Gasteiger charge is -2.06. The monoisotopic (exact) mass is 213 g/mol. The number of nitrogens with zero attached hydrogens (tertiary/aromatic N) is 3. The molecule has 1 aromatic rings. The van der Waals surface area contributed by atoms with Crippen LogP contribution in [0.4, 0.5) is 0 Å². The van der Waals surface area contributed by atoms with E-state index >= 15 is 0 Å². The maximum Gasteiger partial charge on any atom is 0.397 e. The Balaban J connectivity index is 2.43. The van der Waals surface area contributed by atoms with Gasteiger partial charge >= 0.3 is 11.9 Å². The molecule has 15 heavy (non-hydrogen) atoms. The van der Waals surface area contributed by atoms with Crippen LogP contribution in [0.25, 0.3) is 0 Å². The maximum atomic E-state index is 11.0. The summed E-state index contributed by atoms with van der Waals surface area (Å²) in [4.78, 5) is 17.0. The Morgan fingerprint density at radius 1 is 1.53 bits per heavy atom. The first kappa shape index (κ1) is 11.6. The van der Waals surface area contributed by atoms with Gasteiger partial charge in [0.2, 0.25) is 0 Å². The quantitative estimate of drug-likeness (QED) is 0.657. The SMILES string of the molecule is COC(=O)c1nc(CCCN(C)C)no1. The van der Waals surface area contributed by atoms with Crippen molar-refractivity contribution in [2.45, 2.75) is 12.8 Å². The van der Waals surface area contributed by atoms with Gasteiger partial charge in [0.1, 0.15) is 0 Å². The Bertz CT molecular complexity index is 322. The van der Waals surface area contributed by atoms with Crippen molar-refractivity contribution >= 4 is 5.97 Å². The largest absolute Gasteiger partial charge is 0.462 e. The summed E-state index contributed by atoms with van der Waals surface area (Å²) in [6, 6.07) is 0. The second-order valence-electron chi connectivity index (χ2n) is 3.41. The highest BCUT2D eigenvalue weighted by atomic mass is 16.6. The van der Waals surface area contributed by atoms with Gasteiger partial charge in [-0.15, -0.1) is 0 Å². The van der Waals surface area contributed by atoms with Crippen molar-refractivity contribution < 1.29 is 14.1 Å². The van der Waals surface area contributed by atoms with Gasteiger partial charge in [-0.25, -0.2) is 4.79 Å². The zero-order valence-electron chi connectivity index (χ0n) is 9.19. The van der Waals surface area contributed by atoms with E-state index < -0.39 is 5.97 Å². The van der Waals surface area contributed by atoms with Crippen LogP contribution in [-0.4, -0.2) is 48.8 Å². The molecule has 6 heteroatoms. The normalized spacial score (nSPS) is 10.7. The van der Waals surface area contributed by atoms with Gasteiger partial charge in [-0.1, -0.05) is 5.16 Å². The fourth-order valence-corrected chi connectivity index (χ4v) is 1.08. The van der Waals surface area contributed by atoms with E-state index in [1.54, 1.807) is 0 Å². The zero-order chi connectivity index (χ0) is 11.3. The molecule has 0 unspecified atom stereocenters. The molecule has 0 spiro atoms. The highest BCUT2D eigenvalue weighted by Crippen LogP contribution is 2.01. The predicted octanol–water partition coefficient (Wildman–Crippen LogP) is 0.350. The van der Waals surface area contributed by atoms with Gasteiger partial charge in [-0.05, 0) is 27.1 Å². The first-order chi connectivity index (χ1) is 7.13. The molecule has 0 aliphatic rings. The lowest BCUT2D eigenvalue weighted by Crippen LogP contribution is -2.13. The summed E-state index contributed by atoms with van der Waals surface area (Å²) in [5.74, 6) is -0.143. The van der Waals surface area contributed by atoms with Crippen LogP contribution in [0, 0.1) is 0 Å². The molecule has 0 saturated carbocycles. The van der Waals surface area contributed by atoms with Gasteiger partial charge in [-0.2, -0.15) is 4.98 Å². The van der Waals surface area contributed by atoms with Crippen molar-refractivity contribution in [3.63, 3.8) is 0 Å². The number of methoxy groups -OCH3 is 1. The van der Waals surface area contributed by atoms with Crippen LogP contribution in [0.3, 0.4) is 0 Å². The minimum Gasteiger partial charge on any atom is -0.462 e. The molecule has 0 aromatic carbocycles. The van der Waals surface area contributed by atoms with E-state index in [4.69, 9.17) is 4.52 Å². The van der Waals surface area contributed by atoms with Crippen molar-refractivity contribution in [1.29, 1.82) is 0 Å². The van der Waals surface area contributed by atoms with E-state index in [1.807, 2.05) is 14.1 Å². The number of carbonyl (C=O) groups is 1. The van der Waals surface area contributed by atoms with Crippen molar-refractivity contribution in [2.75, 3.05) is 27.7 Å². The van der Waals surface area contributed by atoms with E-state index in [2.05, 4.69) is 19.8 Å². The molecular formula is C9H15N3O3. The van der Waals surface area contributed by atoms with Gasteiger partial charge in [0.15, 0.2) is 5.82 Å². The van der Waals surface area contributed by atoms with Crippen LogP contribution in [0.5, 0.6) is 0 Å². The minimum absolute atomic E-state index is 0.0858. The summed E-state index contributed by atoms with van der Waals surface area (Å²) in [6.45, 7) is 0.947. The average molecular weight is 213 g/mol. The van der Waals surface area contributed by atoms with E-state index in [0.717, 1.165) is 13.0 Å². The molecule has 0 aliphatic heterocycles.